The number of pyridine rings is 1. The summed E-state index contributed by atoms with van der Waals surface area (Å²) in [5.41, 5.74) is 0.560. The number of nitrogens with zero attached hydrogens (tertiary/aromatic N) is 4. The zero-order valence-corrected chi connectivity index (χ0v) is 12.6. The van der Waals surface area contributed by atoms with Crippen LogP contribution in [0.25, 0.3) is 0 Å². The van der Waals surface area contributed by atoms with Crippen LogP contribution in [-0.2, 0) is 11.8 Å². The van der Waals surface area contributed by atoms with Crippen LogP contribution in [-0.4, -0.2) is 27.7 Å². The van der Waals surface area contributed by atoms with Gasteiger partial charge in [0.1, 0.15) is 17.7 Å². The number of ether oxygens (including phenoxy) is 1. The molecular weight excluding hydrogens is 278 g/mol. The molecule has 1 fully saturated rings. The average Bonchev–Trinajstić information content (AvgIpc) is 3.00. The summed E-state index contributed by atoms with van der Waals surface area (Å²) in [5, 5.41) is 12.3. The van der Waals surface area contributed by atoms with E-state index in [1.54, 1.807) is 12.3 Å². The Hall–Kier alpha value is -2.39. The largest absolute Gasteiger partial charge is 0.381 e. The molecular formula is C16H19N5O. The first kappa shape index (κ1) is 14.5. The van der Waals surface area contributed by atoms with E-state index in [0.717, 1.165) is 37.7 Å². The molecule has 2 aromatic heterocycles. The summed E-state index contributed by atoms with van der Waals surface area (Å²) in [6, 6.07) is 5.79. The maximum atomic E-state index is 8.86. The van der Waals surface area contributed by atoms with Crippen molar-refractivity contribution in [1.82, 2.24) is 14.5 Å². The Morgan fingerprint density at radius 2 is 2.18 bits per heavy atom. The van der Waals surface area contributed by atoms with Gasteiger partial charge in [0.05, 0.1) is 11.6 Å². The highest BCUT2D eigenvalue weighted by molar-refractivity contribution is 5.40. The minimum absolute atomic E-state index is 0.0873. The van der Waals surface area contributed by atoms with Gasteiger partial charge in [-0.15, -0.1) is 0 Å². The van der Waals surface area contributed by atoms with Crippen molar-refractivity contribution in [2.75, 3.05) is 18.5 Å². The molecule has 6 nitrogen and oxygen atoms in total. The lowest BCUT2D eigenvalue weighted by Gasteiger charge is -2.31. The minimum Gasteiger partial charge on any atom is -0.381 e. The summed E-state index contributed by atoms with van der Waals surface area (Å²) in [6.45, 7) is 1.57. The van der Waals surface area contributed by atoms with Crippen LogP contribution in [0.15, 0.2) is 30.7 Å². The molecule has 3 heterocycles. The van der Waals surface area contributed by atoms with E-state index < -0.39 is 0 Å². The Kier molecular flexibility index (Phi) is 4.35. The highest BCUT2D eigenvalue weighted by Crippen LogP contribution is 2.31. The molecule has 1 aliphatic heterocycles. The second kappa shape index (κ2) is 6.58. The highest BCUT2D eigenvalue weighted by atomic mass is 16.5. The van der Waals surface area contributed by atoms with Crippen LogP contribution < -0.4 is 5.32 Å². The number of aromatic nitrogens is 3. The van der Waals surface area contributed by atoms with E-state index in [2.05, 4.69) is 21.4 Å². The molecule has 1 aliphatic rings. The fourth-order valence-electron chi connectivity index (χ4n) is 2.82. The molecule has 1 N–H and O–H groups in total. The zero-order chi connectivity index (χ0) is 15.4. The summed E-state index contributed by atoms with van der Waals surface area (Å²) >= 11 is 0. The van der Waals surface area contributed by atoms with Gasteiger partial charge in [-0.05, 0) is 30.9 Å². The lowest BCUT2D eigenvalue weighted by molar-refractivity contribution is 0.0594. The Labute approximate surface area is 129 Å². The predicted octanol–water partition coefficient (Wildman–Crippen LogP) is 2.27. The zero-order valence-electron chi connectivity index (χ0n) is 12.6. The third-order valence-electron chi connectivity index (χ3n) is 4.07. The van der Waals surface area contributed by atoms with Crippen LogP contribution in [0.4, 0.5) is 5.82 Å². The van der Waals surface area contributed by atoms with Crippen molar-refractivity contribution in [2.45, 2.75) is 18.9 Å². The SMILES string of the molecule is Cn1ccnc1[C@H](Nc1ccc(C#N)cn1)C1CCOCC1. The van der Waals surface area contributed by atoms with Crippen LogP contribution in [0.2, 0.25) is 0 Å². The van der Waals surface area contributed by atoms with Gasteiger partial charge in [-0.3, -0.25) is 0 Å². The Balaban J connectivity index is 1.84. The molecule has 0 aliphatic carbocycles. The molecule has 114 valence electrons. The summed E-state index contributed by atoms with van der Waals surface area (Å²) in [5.74, 6) is 2.21. The first-order valence-corrected chi connectivity index (χ1v) is 7.45. The van der Waals surface area contributed by atoms with Crippen molar-refractivity contribution >= 4 is 5.82 Å². The molecule has 0 radical (unpaired) electrons. The fourth-order valence-corrected chi connectivity index (χ4v) is 2.82. The van der Waals surface area contributed by atoms with Crippen LogP contribution in [0.3, 0.4) is 0 Å². The molecule has 22 heavy (non-hydrogen) atoms. The second-order valence-electron chi connectivity index (χ2n) is 5.51. The molecule has 1 saturated heterocycles. The molecule has 6 heteroatoms. The standard InChI is InChI=1S/C16H19N5O/c1-21-7-6-18-16(21)15(13-4-8-22-9-5-13)20-14-3-2-12(10-17)11-19-14/h2-3,6-7,11,13,15H,4-5,8-9H2,1H3,(H,19,20)/t15-/m1/s1. The second-order valence-corrected chi connectivity index (χ2v) is 5.51. The summed E-state index contributed by atoms with van der Waals surface area (Å²) in [6.07, 6.45) is 7.36. The van der Waals surface area contributed by atoms with E-state index in [-0.39, 0.29) is 6.04 Å². The van der Waals surface area contributed by atoms with Crippen LogP contribution in [0, 0.1) is 17.2 Å². The van der Waals surface area contributed by atoms with Crippen molar-refractivity contribution < 1.29 is 4.74 Å². The third kappa shape index (κ3) is 3.10. The van der Waals surface area contributed by atoms with Crippen molar-refractivity contribution in [3.8, 4) is 6.07 Å². The fraction of sp³-hybridized carbons (Fsp3) is 0.438. The average molecular weight is 297 g/mol. The number of rotatable bonds is 4. The Morgan fingerprint density at radius 1 is 1.36 bits per heavy atom. The van der Waals surface area contributed by atoms with Crippen LogP contribution in [0.5, 0.6) is 0 Å². The van der Waals surface area contributed by atoms with Crippen molar-refractivity contribution in [3.05, 3.63) is 42.1 Å². The van der Waals surface area contributed by atoms with Gasteiger partial charge in [0.2, 0.25) is 0 Å². The Morgan fingerprint density at radius 3 is 2.77 bits per heavy atom. The number of aryl methyl sites for hydroxylation is 1. The first-order valence-electron chi connectivity index (χ1n) is 7.45. The smallest absolute Gasteiger partial charge is 0.131 e. The third-order valence-corrected chi connectivity index (χ3v) is 4.07. The maximum Gasteiger partial charge on any atom is 0.131 e. The number of anilines is 1. The minimum atomic E-state index is 0.0873. The van der Waals surface area contributed by atoms with Crippen molar-refractivity contribution in [2.24, 2.45) is 13.0 Å². The van der Waals surface area contributed by atoms with Gasteiger partial charge in [0.25, 0.3) is 0 Å². The van der Waals surface area contributed by atoms with Crippen LogP contribution >= 0.6 is 0 Å². The van der Waals surface area contributed by atoms with Gasteiger partial charge in [-0.1, -0.05) is 0 Å². The van der Waals surface area contributed by atoms with Gasteiger partial charge in [0, 0.05) is 38.9 Å². The summed E-state index contributed by atoms with van der Waals surface area (Å²) in [7, 11) is 2.00. The number of imidazole rings is 1. The van der Waals surface area contributed by atoms with E-state index in [0.29, 0.717) is 11.5 Å². The van der Waals surface area contributed by atoms with E-state index in [9.17, 15) is 0 Å². The molecule has 0 saturated carbocycles. The van der Waals surface area contributed by atoms with Gasteiger partial charge < -0.3 is 14.6 Å². The van der Waals surface area contributed by atoms with Gasteiger partial charge in [-0.2, -0.15) is 5.26 Å². The monoisotopic (exact) mass is 297 g/mol. The van der Waals surface area contributed by atoms with E-state index in [4.69, 9.17) is 10.00 Å². The molecule has 0 spiro atoms. The van der Waals surface area contributed by atoms with E-state index >= 15 is 0 Å². The van der Waals surface area contributed by atoms with E-state index in [1.807, 2.05) is 30.1 Å². The molecule has 0 bridgehead atoms. The number of hydrogen-bond acceptors (Lipinski definition) is 5. The predicted molar refractivity (Wildman–Crippen MR) is 82.1 cm³/mol. The van der Waals surface area contributed by atoms with Crippen molar-refractivity contribution in [3.63, 3.8) is 0 Å². The van der Waals surface area contributed by atoms with Crippen LogP contribution in [0.1, 0.15) is 30.3 Å². The lowest BCUT2D eigenvalue weighted by atomic mass is 9.91. The highest BCUT2D eigenvalue weighted by Gasteiger charge is 2.28. The van der Waals surface area contributed by atoms with Gasteiger partial charge >= 0.3 is 0 Å². The molecule has 2 aromatic rings. The normalized spacial score (nSPS) is 16.9. The number of nitrogens with one attached hydrogen (secondary N) is 1. The maximum absolute atomic E-state index is 8.86. The topological polar surface area (TPSA) is 75.8 Å². The lowest BCUT2D eigenvalue weighted by Crippen LogP contribution is -2.29. The first-order chi connectivity index (χ1) is 10.8. The van der Waals surface area contributed by atoms with Gasteiger partial charge in [0.15, 0.2) is 0 Å². The summed E-state index contributed by atoms with van der Waals surface area (Å²) < 4.78 is 7.51. The number of nitriles is 1. The quantitative estimate of drug-likeness (QED) is 0.937. The molecule has 0 unspecified atom stereocenters. The van der Waals surface area contributed by atoms with Crippen molar-refractivity contribution in [1.29, 1.82) is 5.26 Å². The van der Waals surface area contributed by atoms with Gasteiger partial charge in [-0.25, -0.2) is 9.97 Å². The molecule has 0 amide bonds. The molecule has 0 aromatic carbocycles. The molecule has 1 atom stereocenters. The molecule has 3 rings (SSSR count). The number of hydrogen-bond donors (Lipinski definition) is 1. The Bertz CT molecular complexity index is 652. The summed E-state index contributed by atoms with van der Waals surface area (Å²) in [4.78, 5) is 8.82. The van der Waals surface area contributed by atoms with E-state index in [1.165, 1.54) is 0 Å².